The lowest BCUT2D eigenvalue weighted by molar-refractivity contribution is -0.127. The van der Waals surface area contributed by atoms with Gasteiger partial charge in [0.1, 0.15) is 9.84 Å². The van der Waals surface area contributed by atoms with Crippen LogP contribution in [0.3, 0.4) is 0 Å². The van der Waals surface area contributed by atoms with Gasteiger partial charge in [-0.15, -0.1) is 0 Å². The van der Waals surface area contributed by atoms with E-state index >= 15 is 0 Å². The molecule has 9 heteroatoms. The Labute approximate surface area is 143 Å². The third-order valence-electron chi connectivity index (χ3n) is 3.84. The van der Waals surface area contributed by atoms with E-state index in [-0.39, 0.29) is 23.1 Å². The van der Waals surface area contributed by atoms with Gasteiger partial charge in [-0.3, -0.25) is 4.79 Å². The number of rotatable bonds is 8. The molecular weight excluding hydrogens is 352 g/mol. The smallest absolute Gasteiger partial charge is 0.240 e. The third-order valence-corrected chi connectivity index (χ3v) is 6.26. The maximum absolute atomic E-state index is 12.1. The predicted molar refractivity (Wildman–Crippen MR) is 90.9 cm³/mol. The molecule has 1 aliphatic rings. The minimum atomic E-state index is -3.72. The molecule has 7 nitrogen and oxygen atoms in total. The quantitative estimate of drug-likeness (QED) is 0.699. The number of amides is 1. The number of benzene rings is 1. The number of hydrogen-bond acceptors (Lipinski definition) is 5. The zero-order chi connectivity index (χ0) is 17.8. The van der Waals surface area contributed by atoms with Crippen molar-refractivity contribution < 1.29 is 21.6 Å². The number of carbonyl (C=O) groups is 1. The topological polar surface area (TPSA) is 101 Å². The van der Waals surface area contributed by atoms with Crippen molar-refractivity contribution >= 4 is 25.8 Å². The van der Waals surface area contributed by atoms with Crippen LogP contribution < -0.4 is 4.72 Å². The van der Waals surface area contributed by atoms with E-state index in [1.807, 2.05) is 4.90 Å². The second-order valence-electron chi connectivity index (χ2n) is 5.91. The summed E-state index contributed by atoms with van der Waals surface area (Å²) < 4.78 is 48.5. The lowest BCUT2D eigenvalue weighted by Gasteiger charge is -2.15. The van der Waals surface area contributed by atoms with E-state index in [2.05, 4.69) is 4.72 Å². The number of nitrogens with one attached hydrogen (secondary N) is 1. The van der Waals surface area contributed by atoms with Crippen LogP contribution in [0.2, 0.25) is 0 Å². The zero-order valence-electron chi connectivity index (χ0n) is 13.6. The summed E-state index contributed by atoms with van der Waals surface area (Å²) in [7, 11) is -6.93. The van der Waals surface area contributed by atoms with Crippen LogP contribution in [0.4, 0.5) is 0 Å². The van der Waals surface area contributed by atoms with Crippen molar-refractivity contribution in [3.63, 3.8) is 0 Å². The number of nitrogens with zero attached hydrogens (tertiary/aromatic N) is 1. The average molecular weight is 374 g/mol. The normalized spacial score (nSPS) is 15.9. The molecule has 1 amide bonds. The summed E-state index contributed by atoms with van der Waals surface area (Å²) in [6.45, 7) is 1.27. The number of hydrogen-bond donors (Lipinski definition) is 1. The van der Waals surface area contributed by atoms with Crippen LogP contribution in [0, 0.1) is 0 Å². The molecular formula is C15H22N2O5S2. The highest BCUT2D eigenvalue weighted by Gasteiger charge is 2.19. The summed E-state index contributed by atoms with van der Waals surface area (Å²) in [5.41, 5.74) is 0.949. The first-order valence-corrected chi connectivity index (χ1v) is 11.3. The number of carbonyl (C=O) groups excluding carboxylic acids is 1. The Morgan fingerprint density at radius 3 is 2.33 bits per heavy atom. The van der Waals surface area contributed by atoms with Crippen molar-refractivity contribution in [1.29, 1.82) is 0 Å². The molecule has 1 N–H and O–H groups in total. The Balaban J connectivity index is 1.91. The Morgan fingerprint density at radius 1 is 1.12 bits per heavy atom. The standard InChI is InChI=1S/C15H22N2O5S2/c1-23(19,20)12-9-16-24(21,22)14-6-4-13(5-7-14)8-11-17-10-2-3-15(17)18/h4-7,16H,2-3,8-12H2,1H3. The molecule has 0 spiro atoms. The van der Waals surface area contributed by atoms with Crippen molar-refractivity contribution in [2.24, 2.45) is 0 Å². The van der Waals surface area contributed by atoms with Crippen LogP contribution in [0.1, 0.15) is 18.4 Å². The van der Waals surface area contributed by atoms with E-state index in [1.54, 1.807) is 12.1 Å². The van der Waals surface area contributed by atoms with Gasteiger partial charge in [-0.25, -0.2) is 21.6 Å². The van der Waals surface area contributed by atoms with Crippen LogP contribution in [0.15, 0.2) is 29.2 Å². The highest BCUT2D eigenvalue weighted by molar-refractivity contribution is 7.91. The molecule has 0 bridgehead atoms. The van der Waals surface area contributed by atoms with Crippen LogP contribution in [0.5, 0.6) is 0 Å². The molecule has 1 aromatic rings. The van der Waals surface area contributed by atoms with Crippen LogP contribution in [-0.2, 0) is 31.1 Å². The molecule has 1 saturated heterocycles. The van der Waals surface area contributed by atoms with Gasteiger partial charge in [-0.05, 0) is 30.5 Å². The fourth-order valence-corrected chi connectivity index (χ4v) is 4.12. The number of sulfonamides is 1. The first-order chi connectivity index (χ1) is 11.2. The summed E-state index contributed by atoms with van der Waals surface area (Å²) in [5, 5.41) is 0. The summed E-state index contributed by atoms with van der Waals surface area (Å²) in [5.74, 6) is -0.0713. The fourth-order valence-electron chi connectivity index (χ4n) is 2.48. The van der Waals surface area contributed by atoms with E-state index < -0.39 is 19.9 Å². The van der Waals surface area contributed by atoms with E-state index in [0.29, 0.717) is 19.4 Å². The lowest BCUT2D eigenvalue weighted by Crippen LogP contribution is -2.29. The molecule has 24 heavy (non-hydrogen) atoms. The molecule has 1 heterocycles. The second kappa shape index (κ2) is 7.62. The predicted octanol–water partition coefficient (Wildman–Crippen LogP) is 0.174. The summed E-state index contributed by atoms with van der Waals surface area (Å²) >= 11 is 0. The molecule has 0 unspecified atom stereocenters. The summed E-state index contributed by atoms with van der Waals surface area (Å²) in [4.78, 5) is 13.5. The molecule has 0 atom stereocenters. The van der Waals surface area contributed by atoms with E-state index in [4.69, 9.17) is 0 Å². The minimum absolute atomic E-state index is 0.0944. The van der Waals surface area contributed by atoms with Crippen LogP contribution in [0.25, 0.3) is 0 Å². The van der Waals surface area contributed by atoms with Gasteiger partial charge < -0.3 is 4.90 Å². The Kier molecular flexibility index (Phi) is 6.00. The SMILES string of the molecule is CS(=O)(=O)CCNS(=O)(=O)c1ccc(CCN2CCCC2=O)cc1. The third kappa shape index (κ3) is 5.57. The lowest BCUT2D eigenvalue weighted by atomic mass is 10.1. The first kappa shape index (κ1) is 18.9. The van der Waals surface area contributed by atoms with E-state index in [9.17, 15) is 21.6 Å². The summed E-state index contributed by atoms with van der Waals surface area (Å²) in [6, 6.07) is 6.41. The highest BCUT2D eigenvalue weighted by atomic mass is 32.2. The van der Waals surface area contributed by atoms with Crippen molar-refractivity contribution in [3.05, 3.63) is 29.8 Å². The van der Waals surface area contributed by atoms with Crippen molar-refractivity contribution in [2.45, 2.75) is 24.2 Å². The van der Waals surface area contributed by atoms with E-state index in [1.165, 1.54) is 12.1 Å². The van der Waals surface area contributed by atoms with Gasteiger partial charge in [0.25, 0.3) is 0 Å². The average Bonchev–Trinajstić information content (AvgIpc) is 2.89. The maximum Gasteiger partial charge on any atom is 0.240 e. The van der Waals surface area contributed by atoms with Crippen molar-refractivity contribution in [2.75, 3.05) is 31.6 Å². The van der Waals surface area contributed by atoms with Gasteiger partial charge >= 0.3 is 0 Å². The van der Waals surface area contributed by atoms with Gasteiger partial charge in [-0.2, -0.15) is 0 Å². The molecule has 1 aliphatic heterocycles. The largest absolute Gasteiger partial charge is 0.342 e. The molecule has 0 radical (unpaired) electrons. The molecule has 1 aromatic carbocycles. The van der Waals surface area contributed by atoms with Gasteiger partial charge in [0.15, 0.2) is 0 Å². The summed E-state index contributed by atoms with van der Waals surface area (Å²) in [6.07, 6.45) is 3.24. The molecule has 134 valence electrons. The van der Waals surface area contributed by atoms with Crippen LogP contribution >= 0.6 is 0 Å². The fraction of sp³-hybridized carbons (Fsp3) is 0.533. The molecule has 0 aromatic heterocycles. The van der Waals surface area contributed by atoms with Crippen LogP contribution in [-0.4, -0.2) is 59.3 Å². The van der Waals surface area contributed by atoms with Gasteiger partial charge in [-0.1, -0.05) is 12.1 Å². The van der Waals surface area contributed by atoms with Crippen molar-refractivity contribution in [1.82, 2.24) is 9.62 Å². The monoisotopic (exact) mass is 374 g/mol. The number of likely N-dealkylation sites (tertiary alicyclic amines) is 1. The van der Waals surface area contributed by atoms with Crippen molar-refractivity contribution in [3.8, 4) is 0 Å². The molecule has 1 fully saturated rings. The number of sulfone groups is 1. The minimum Gasteiger partial charge on any atom is -0.342 e. The zero-order valence-corrected chi connectivity index (χ0v) is 15.2. The van der Waals surface area contributed by atoms with Gasteiger partial charge in [0, 0.05) is 32.3 Å². The van der Waals surface area contributed by atoms with Gasteiger partial charge in [0.2, 0.25) is 15.9 Å². The maximum atomic E-state index is 12.1. The Hall–Kier alpha value is -1.45. The molecule has 0 saturated carbocycles. The first-order valence-electron chi connectivity index (χ1n) is 7.71. The Morgan fingerprint density at radius 2 is 1.79 bits per heavy atom. The molecule has 0 aliphatic carbocycles. The van der Waals surface area contributed by atoms with E-state index in [0.717, 1.165) is 24.8 Å². The second-order valence-corrected chi connectivity index (χ2v) is 9.93. The molecule has 2 rings (SSSR count). The van der Waals surface area contributed by atoms with Gasteiger partial charge in [0.05, 0.1) is 10.6 Å². The Bertz CT molecular complexity index is 786. The highest BCUT2D eigenvalue weighted by Crippen LogP contribution is 2.14.